The van der Waals surface area contributed by atoms with Crippen molar-refractivity contribution in [2.45, 2.75) is 89.3 Å². The van der Waals surface area contributed by atoms with Gasteiger partial charge in [0.25, 0.3) is 0 Å². The largest absolute Gasteiger partial charge is 0.481 e. The van der Waals surface area contributed by atoms with Crippen LogP contribution in [-0.4, -0.2) is 214 Å². The van der Waals surface area contributed by atoms with Gasteiger partial charge in [-0.2, -0.15) is 0 Å². The van der Waals surface area contributed by atoms with Crippen molar-refractivity contribution >= 4 is 70.2 Å². The summed E-state index contributed by atoms with van der Waals surface area (Å²) in [6.45, 7) is 4.59. The summed E-state index contributed by atoms with van der Waals surface area (Å²) in [5.74, 6) is -7.47. The van der Waals surface area contributed by atoms with Gasteiger partial charge in [0, 0.05) is 84.2 Å². The molecule has 0 bridgehead atoms. The van der Waals surface area contributed by atoms with E-state index in [-0.39, 0.29) is 75.5 Å². The molecule has 1 aliphatic heterocycles. The van der Waals surface area contributed by atoms with Gasteiger partial charge in [-0.1, -0.05) is 42.5 Å². The smallest absolute Gasteiger partial charge is 0.326 e. The molecule has 1 aliphatic carbocycles. The molecule has 24 heteroatoms. The molecule has 24 nitrogen and oxygen atoms in total. The molecule has 2 aliphatic rings. The van der Waals surface area contributed by atoms with Crippen LogP contribution in [0.25, 0.3) is 10.8 Å². The molecule has 2 unspecified atom stereocenters. The quantitative estimate of drug-likeness (QED) is 0.0532. The number of carboxylic acid groups (broad SMARTS) is 5. The maximum absolute atomic E-state index is 13.8. The number of carbonyl (C=O) groups excluding carboxylic acids is 5. The van der Waals surface area contributed by atoms with Crippen LogP contribution in [0.15, 0.2) is 42.5 Å². The summed E-state index contributed by atoms with van der Waals surface area (Å²) in [7, 11) is 0. The SMILES string of the molecule is CC(=O)CN1CCN(CC(=O)O)CCN(CC(=O)NCC2CCC(C(=O)NC(Cc3ccc4ccccc4c3)C(=O)NCCCCC(NC(=O)N[C@@H](CCC(=O)O)C(=O)O)C(=O)O)CC2)CCN(CC(=O)O)CC1. The lowest BCUT2D eigenvalue weighted by Gasteiger charge is -2.33. The van der Waals surface area contributed by atoms with Crippen LogP contribution in [0.3, 0.4) is 0 Å². The average Bonchev–Trinajstić information content (AvgIpc) is 3.34. The predicted octanol–water partition coefficient (Wildman–Crippen LogP) is 0.126. The fourth-order valence-corrected chi connectivity index (χ4v) is 9.10. The number of urea groups is 1. The number of nitrogens with zero attached hydrogens (tertiary/aromatic N) is 4. The van der Waals surface area contributed by atoms with Crippen LogP contribution in [-0.2, 0) is 49.6 Å². The normalized spacial score (nSPS) is 18.8. The third-order valence-corrected chi connectivity index (χ3v) is 13.2. The lowest BCUT2D eigenvalue weighted by Crippen LogP contribution is -2.51. The van der Waals surface area contributed by atoms with Gasteiger partial charge in [0.2, 0.25) is 17.7 Å². The highest BCUT2D eigenvalue weighted by Crippen LogP contribution is 2.29. The Kier molecular flexibility index (Phi) is 25.1. The zero-order valence-electron chi connectivity index (χ0n) is 42.0. The van der Waals surface area contributed by atoms with Crippen LogP contribution in [0.5, 0.6) is 0 Å². The molecule has 2 fully saturated rings. The summed E-state index contributed by atoms with van der Waals surface area (Å²) in [6.07, 6.45) is 2.01. The first-order valence-electron chi connectivity index (χ1n) is 25.1. The van der Waals surface area contributed by atoms with Crippen molar-refractivity contribution in [3.8, 4) is 0 Å². The molecule has 74 heavy (non-hydrogen) atoms. The molecule has 1 saturated carbocycles. The Morgan fingerprint density at radius 3 is 1.62 bits per heavy atom. The lowest BCUT2D eigenvalue weighted by atomic mass is 9.81. The third-order valence-electron chi connectivity index (χ3n) is 13.2. The van der Waals surface area contributed by atoms with E-state index in [0.29, 0.717) is 91.0 Å². The van der Waals surface area contributed by atoms with E-state index >= 15 is 0 Å². The molecule has 2 aromatic rings. The summed E-state index contributed by atoms with van der Waals surface area (Å²) >= 11 is 0. The Morgan fingerprint density at radius 2 is 1.09 bits per heavy atom. The van der Waals surface area contributed by atoms with E-state index in [2.05, 4.69) is 26.6 Å². The van der Waals surface area contributed by atoms with E-state index in [1.165, 1.54) is 6.92 Å². The molecule has 4 rings (SSSR count). The van der Waals surface area contributed by atoms with Crippen LogP contribution >= 0.6 is 0 Å². The monoisotopic (exact) mass is 1040 g/mol. The molecule has 408 valence electrons. The Labute approximate surface area is 429 Å². The molecule has 0 spiro atoms. The molecular formula is C50H73N9O15. The second-order valence-corrected chi connectivity index (χ2v) is 19.2. The summed E-state index contributed by atoms with van der Waals surface area (Å²) in [6, 6.07) is 8.51. The van der Waals surface area contributed by atoms with E-state index in [4.69, 9.17) is 5.11 Å². The first-order valence-corrected chi connectivity index (χ1v) is 25.1. The van der Waals surface area contributed by atoms with Crippen molar-refractivity contribution in [1.29, 1.82) is 0 Å². The standard InChI is InChI=1S/C50H73N9O15/c1-33(60)29-56-18-22-58(31-44(64)65)24-20-57(21-25-59(23-19-56)32-45(66)67)30-42(61)52-28-34-9-13-37(14-10-34)46(68)53-41(27-35-11-12-36-6-2-3-7-38(36)26-35)47(69)51-17-5-4-8-39(48(70)71)54-50(74)55-40(49(72)73)15-16-43(62)63/h2-3,6-7,11-12,26,34,37,39-41H,4-5,8-10,13-25,27-32H2,1H3,(H,51,69)(H,52,61)(H,53,68)(H,62,63)(H,64,65)(H,66,67)(H,70,71)(H,72,73)(H2,54,55,74)/t34?,37?,39?,40-,41?/m0/s1. The molecule has 1 saturated heterocycles. The number of hydrogen-bond donors (Lipinski definition) is 10. The van der Waals surface area contributed by atoms with E-state index in [1.807, 2.05) is 52.3 Å². The van der Waals surface area contributed by atoms with Gasteiger partial charge < -0.3 is 52.1 Å². The Hall–Kier alpha value is -6.76. The number of aliphatic carboxylic acids is 5. The van der Waals surface area contributed by atoms with Crippen molar-refractivity contribution in [3.63, 3.8) is 0 Å². The Balaban J connectivity index is 1.30. The number of Topliss-reactive ketones (excluding diaryl/α,β-unsaturated/α-hetero) is 1. The topological polar surface area (TPSA) is 345 Å². The zero-order chi connectivity index (χ0) is 54.2. The number of rotatable bonds is 27. The number of hydrogen-bond acceptors (Lipinski definition) is 14. The minimum atomic E-state index is -1.55. The minimum Gasteiger partial charge on any atom is -0.481 e. The van der Waals surface area contributed by atoms with Crippen LogP contribution in [0.4, 0.5) is 4.79 Å². The molecular weight excluding hydrogens is 967 g/mol. The van der Waals surface area contributed by atoms with Crippen LogP contribution in [0, 0.1) is 11.8 Å². The molecule has 1 heterocycles. The average molecular weight is 1040 g/mol. The molecule has 5 amide bonds. The van der Waals surface area contributed by atoms with Gasteiger partial charge >= 0.3 is 35.9 Å². The number of carboxylic acids is 5. The lowest BCUT2D eigenvalue weighted by molar-refractivity contribution is -0.141. The number of amides is 5. The summed E-state index contributed by atoms with van der Waals surface area (Å²) < 4.78 is 0. The fraction of sp³-hybridized carbons (Fsp3) is 0.600. The minimum absolute atomic E-state index is 0.00479. The van der Waals surface area contributed by atoms with Crippen molar-refractivity contribution in [2.24, 2.45) is 11.8 Å². The molecule has 3 atom stereocenters. The van der Waals surface area contributed by atoms with E-state index in [0.717, 1.165) is 16.3 Å². The summed E-state index contributed by atoms with van der Waals surface area (Å²) in [4.78, 5) is 130. The van der Waals surface area contributed by atoms with Gasteiger partial charge in [0.15, 0.2) is 0 Å². The number of ketones is 1. The van der Waals surface area contributed by atoms with Gasteiger partial charge in [-0.05, 0) is 80.5 Å². The van der Waals surface area contributed by atoms with Crippen LogP contribution in [0.1, 0.15) is 70.3 Å². The van der Waals surface area contributed by atoms with Gasteiger partial charge in [0.05, 0.1) is 26.2 Å². The van der Waals surface area contributed by atoms with Crippen LogP contribution < -0.4 is 26.6 Å². The highest BCUT2D eigenvalue weighted by atomic mass is 16.4. The number of unbranched alkanes of at least 4 members (excludes halogenated alkanes) is 1. The highest BCUT2D eigenvalue weighted by Gasteiger charge is 2.31. The molecule has 10 N–H and O–H groups in total. The van der Waals surface area contributed by atoms with Crippen molar-refractivity contribution < 1.29 is 73.5 Å². The zero-order valence-corrected chi connectivity index (χ0v) is 42.0. The highest BCUT2D eigenvalue weighted by molar-refractivity contribution is 5.90. The number of benzene rings is 2. The first kappa shape index (κ1) is 59.8. The molecule has 0 aromatic heterocycles. The molecule has 2 aromatic carbocycles. The maximum Gasteiger partial charge on any atom is 0.326 e. The van der Waals surface area contributed by atoms with Crippen molar-refractivity contribution in [1.82, 2.24) is 46.2 Å². The maximum atomic E-state index is 13.8. The second-order valence-electron chi connectivity index (χ2n) is 19.2. The first-order chi connectivity index (χ1) is 35.2. The predicted molar refractivity (Wildman–Crippen MR) is 268 cm³/mol. The number of nitrogens with one attached hydrogen (secondary N) is 5. The van der Waals surface area contributed by atoms with Gasteiger partial charge in [-0.25, -0.2) is 14.4 Å². The molecule has 0 radical (unpaired) electrons. The Morgan fingerprint density at radius 1 is 0.568 bits per heavy atom. The fourth-order valence-electron chi connectivity index (χ4n) is 9.10. The van der Waals surface area contributed by atoms with Crippen molar-refractivity contribution in [2.75, 3.05) is 91.6 Å². The number of carbonyl (C=O) groups is 10. The van der Waals surface area contributed by atoms with Gasteiger partial charge in [-0.3, -0.25) is 53.2 Å². The summed E-state index contributed by atoms with van der Waals surface area (Å²) in [5, 5.41) is 62.1. The third kappa shape index (κ3) is 22.6. The van der Waals surface area contributed by atoms with E-state index in [9.17, 15) is 68.4 Å². The van der Waals surface area contributed by atoms with Crippen LogP contribution in [0.2, 0.25) is 0 Å². The van der Waals surface area contributed by atoms with Crippen molar-refractivity contribution in [3.05, 3.63) is 48.0 Å². The number of fused-ring (bicyclic) bond motifs is 1. The van der Waals surface area contributed by atoms with Gasteiger partial charge in [-0.15, -0.1) is 0 Å². The summed E-state index contributed by atoms with van der Waals surface area (Å²) in [5.41, 5.74) is 0.811. The second kappa shape index (κ2) is 31.1. The Bertz CT molecular complexity index is 2230. The van der Waals surface area contributed by atoms with Gasteiger partial charge in [0.1, 0.15) is 23.9 Å². The van der Waals surface area contributed by atoms with E-state index in [1.54, 1.807) is 9.80 Å². The van der Waals surface area contributed by atoms with E-state index < -0.39 is 78.7 Å².